The quantitative estimate of drug-likeness (QED) is 0.472. The normalized spacial score (nSPS) is 19.6. The van der Waals surface area contributed by atoms with Gasteiger partial charge in [-0.3, -0.25) is 19.2 Å². The summed E-state index contributed by atoms with van der Waals surface area (Å²) in [5, 5.41) is 16.2. The van der Waals surface area contributed by atoms with Crippen LogP contribution in [0.1, 0.15) is 67.0 Å². The third kappa shape index (κ3) is 6.65. The van der Waals surface area contributed by atoms with Crippen LogP contribution >= 0.6 is 0 Å². The molecule has 0 unspecified atom stereocenters. The molecule has 12 heteroatoms. The number of rotatable bonds is 8. The van der Waals surface area contributed by atoms with Crippen molar-refractivity contribution in [3.05, 3.63) is 41.6 Å². The Morgan fingerprint density at radius 3 is 2.51 bits per heavy atom. The highest BCUT2D eigenvalue weighted by atomic mass is 19.4. The molecule has 1 aromatic carbocycles. The maximum absolute atomic E-state index is 13.8. The Kier molecular flexibility index (Phi) is 7.86. The smallest absolute Gasteiger partial charge is 0.417 e. The van der Waals surface area contributed by atoms with Crippen molar-refractivity contribution in [3.63, 3.8) is 0 Å². The number of carboxylic acid groups (broad SMARTS) is 1. The van der Waals surface area contributed by atoms with Crippen molar-refractivity contribution in [2.75, 3.05) is 19.6 Å². The Hall–Kier alpha value is -3.02. The number of carbonyl (C=O) groups excluding carboxylic acids is 1. The van der Waals surface area contributed by atoms with E-state index in [1.807, 2.05) is 0 Å². The topological polar surface area (TPSA) is 87.5 Å². The van der Waals surface area contributed by atoms with E-state index in [4.69, 9.17) is 0 Å². The molecule has 4 rings (SSSR count). The zero-order valence-corrected chi connectivity index (χ0v) is 20.1. The minimum atomic E-state index is -4.62. The average molecular weight is 529 g/mol. The van der Waals surface area contributed by atoms with Crippen LogP contribution in [0.25, 0.3) is 11.3 Å². The standard InChI is InChI=1S/C25H29F5N4O3/c26-24(27)10-5-11-33(15-24)14-16(12-22(35)36)31-23(37)20-13-21(34(32-20)17-6-1-2-7-17)18-8-3-4-9-19(18)25(28,29)30/h3-4,8-9,13,16-17H,1-2,5-7,10-12,14-15H2,(H,31,37)(H,35,36)/t16-/m1/s1. The number of amides is 1. The first-order valence-corrected chi connectivity index (χ1v) is 12.3. The Morgan fingerprint density at radius 1 is 1.16 bits per heavy atom. The predicted octanol–water partition coefficient (Wildman–Crippen LogP) is 4.99. The van der Waals surface area contributed by atoms with E-state index < -0.39 is 48.5 Å². The van der Waals surface area contributed by atoms with Crippen molar-refractivity contribution in [1.29, 1.82) is 0 Å². The zero-order chi connectivity index (χ0) is 26.8. The highest BCUT2D eigenvalue weighted by Gasteiger charge is 2.37. The van der Waals surface area contributed by atoms with Gasteiger partial charge in [-0.05, 0) is 37.9 Å². The molecule has 1 aromatic heterocycles. The molecule has 2 fully saturated rings. The monoisotopic (exact) mass is 528 g/mol. The van der Waals surface area contributed by atoms with Crippen LogP contribution in [0, 0.1) is 0 Å². The van der Waals surface area contributed by atoms with E-state index >= 15 is 0 Å². The van der Waals surface area contributed by atoms with Crippen LogP contribution in [0.4, 0.5) is 22.0 Å². The second-order valence-electron chi connectivity index (χ2n) is 9.80. The van der Waals surface area contributed by atoms with Crippen molar-refractivity contribution in [3.8, 4) is 11.3 Å². The minimum Gasteiger partial charge on any atom is -0.481 e. The summed E-state index contributed by atoms with van der Waals surface area (Å²) in [6.07, 6.45) is -1.95. The molecule has 1 amide bonds. The fourth-order valence-corrected chi connectivity index (χ4v) is 5.23. The summed E-state index contributed by atoms with van der Waals surface area (Å²) in [5.74, 6) is -4.88. The van der Waals surface area contributed by atoms with Gasteiger partial charge in [0.25, 0.3) is 11.8 Å². The maximum Gasteiger partial charge on any atom is 0.417 e. The number of carboxylic acids is 1. The van der Waals surface area contributed by atoms with Gasteiger partial charge in [-0.25, -0.2) is 8.78 Å². The first-order chi connectivity index (χ1) is 17.4. The molecule has 1 aliphatic heterocycles. The number of nitrogens with zero attached hydrogens (tertiary/aromatic N) is 3. The third-order valence-electron chi connectivity index (χ3n) is 6.85. The van der Waals surface area contributed by atoms with Gasteiger partial charge in [0.05, 0.1) is 36.3 Å². The van der Waals surface area contributed by atoms with E-state index in [2.05, 4.69) is 10.4 Å². The van der Waals surface area contributed by atoms with Crippen LogP contribution in [0.5, 0.6) is 0 Å². The zero-order valence-electron chi connectivity index (χ0n) is 20.1. The fraction of sp³-hybridized carbons (Fsp3) is 0.560. The lowest BCUT2D eigenvalue weighted by atomic mass is 10.0. The number of piperidine rings is 1. The van der Waals surface area contributed by atoms with Crippen molar-refractivity contribution in [1.82, 2.24) is 20.0 Å². The number of halogens is 5. The van der Waals surface area contributed by atoms with Crippen molar-refractivity contribution in [2.45, 2.75) is 69.1 Å². The molecule has 0 radical (unpaired) electrons. The maximum atomic E-state index is 13.8. The molecule has 1 saturated heterocycles. The van der Waals surface area contributed by atoms with Crippen LogP contribution in [-0.4, -0.2) is 63.3 Å². The third-order valence-corrected chi connectivity index (χ3v) is 6.85. The van der Waals surface area contributed by atoms with E-state index in [0.717, 1.165) is 18.9 Å². The molecule has 37 heavy (non-hydrogen) atoms. The van der Waals surface area contributed by atoms with Gasteiger partial charge in [0.2, 0.25) is 0 Å². The first-order valence-electron chi connectivity index (χ1n) is 12.3. The number of hydrogen-bond acceptors (Lipinski definition) is 4. The molecule has 2 aromatic rings. The summed E-state index contributed by atoms with van der Waals surface area (Å²) in [6, 6.07) is 5.19. The molecule has 1 atom stereocenters. The van der Waals surface area contributed by atoms with Gasteiger partial charge >= 0.3 is 12.1 Å². The van der Waals surface area contributed by atoms with Gasteiger partial charge in [0, 0.05) is 18.5 Å². The van der Waals surface area contributed by atoms with Crippen LogP contribution < -0.4 is 5.32 Å². The number of hydrogen-bond donors (Lipinski definition) is 2. The van der Waals surface area contributed by atoms with E-state index in [-0.39, 0.29) is 42.4 Å². The second kappa shape index (κ2) is 10.8. The number of aromatic nitrogens is 2. The molecule has 2 heterocycles. The minimum absolute atomic E-state index is 0.0965. The molecular weight excluding hydrogens is 499 g/mol. The summed E-state index contributed by atoms with van der Waals surface area (Å²) in [4.78, 5) is 25.9. The van der Waals surface area contributed by atoms with Crippen LogP contribution in [-0.2, 0) is 11.0 Å². The Morgan fingerprint density at radius 2 is 1.86 bits per heavy atom. The number of alkyl halides is 5. The van der Waals surface area contributed by atoms with Crippen LogP contribution in [0.3, 0.4) is 0 Å². The highest BCUT2D eigenvalue weighted by molar-refractivity contribution is 5.94. The van der Waals surface area contributed by atoms with Gasteiger partial charge in [-0.2, -0.15) is 18.3 Å². The van der Waals surface area contributed by atoms with Gasteiger partial charge in [0.1, 0.15) is 0 Å². The van der Waals surface area contributed by atoms with E-state index in [9.17, 15) is 36.6 Å². The summed E-state index contributed by atoms with van der Waals surface area (Å²) >= 11 is 0. The molecular formula is C25H29F5N4O3. The van der Waals surface area contributed by atoms with Crippen molar-refractivity contribution in [2.24, 2.45) is 0 Å². The SMILES string of the molecule is O=C(O)C[C@H](CN1CCCC(F)(F)C1)NC(=O)c1cc(-c2ccccc2C(F)(F)F)n(C2CCCC2)n1. The number of nitrogens with one attached hydrogen (secondary N) is 1. The van der Waals surface area contributed by atoms with Gasteiger partial charge in [-0.15, -0.1) is 0 Å². The van der Waals surface area contributed by atoms with Crippen LogP contribution in [0.2, 0.25) is 0 Å². The fourth-order valence-electron chi connectivity index (χ4n) is 5.23. The average Bonchev–Trinajstić information content (AvgIpc) is 3.47. The van der Waals surface area contributed by atoms with E-state index in [0.29, 0.717) is 19.4 Å². The number of benzene rings is 1. The summed E-state index contributed by atoms with van der Waals surface area (Å²) in [6.45, 7) is -0.287. The van der Waals surface area contributed by atoms with Crippen LogP contribution in [0.15, 0.2) is 30.3 Å². The molecule has 0 bridgehead atoms. The van der Waals surface area contributed by atoms with Crippen molar-refractivity contribution < 1.29 is 36.6 Å². The molecule has 2 N–H and O–H groups in total. The molecule has 202 valence electrons. The molecule has 2 aliphatic rings. The number of aliphatic carboxylic acids is 1. The lowest BCUT2D eigenvalue weighted by Gasteiger charge is -2.34. The summed E-state index contributed by atoms with van der Waals surface area (Å²) < 4.78 is 70.4. The summed E-state index contributed by atoms with van der Waals surface area (Å²) in [5.41, 5.74) is -0.962. The largest absolute Gasteiger partial charge is 0.481 e. The van der Waals surface area contributed by atoms with Gasteiger partial charge in [-0.1, -0.05) is 31.0 Å². The molecule has 1 aliphatic carbocycles. The number of likely N-dealkylation sites (tertiary alicyclic amines) is 1. The number of carbonyl (C=O) groups is 2. The molecule has 1 saturated carbocycles. The Labute approximate surface area is 210 Å². The van der Waals surface area contributed by atoms with Gasteiger partial charge < -0.3 is 10.4 Å². The lowest BCUT2D eigenvalue weighted by Crippen LogP contribution is -2.50. The van der Waals surface area contributed by atoms with Crippen molar-refractivity contribution >= 4 is 11.9 Å². The van der Waals surface area contributed by atoms with E-state index in [1.165, 1.54) is 33.8 Å². The second-order valence-corrected chi connectivity index (χ2v) is 9.80. The van der Waals surface area contributed by atoms with Gasteiger partial charge in [0.15, 0.2) is 5.69 Å². The predicted molar refractivity (Wildman–Crippen MR) is 124 cm³/mol. The highest BCUT2D eigenvalue weighted by Crippen LogP contribution is 2.40. The summed E-state index contributed by atoms with van der Waals surface area (Å²) in [7, 11) is 0. The first kappa shape index (κ1) is 27.0. The molecule has 7 nitrogen and oxygen atoms in total. The Balaban J connectivity index is 1.62. The lowest BCUT2D eigenvalue weighted by molar-refractivity contribution is -0.138. The molecule has 0 spiro atoms. The van der Waals surface area contributed by atoms with E-state index in [1.54, 1.807) is 0 Å². The Bertz CT molecular complexity index is 1130.